The number of nitrogens with two attached hydrogens (primary N) is 1. The van der Waals surface area contributed by atoms with Crippen molar-refractivity contribution in [2.75, 3.05) is 13.7 Å². The number of carbonyl (C=O) groups excluding carboxylic acids is 2. The molecule has 2 aromatic rings. The number of methoxy groups -OCH3 is 1. The van der Waals surface area contributed by atoms with Crippen molar-refractivity contribution in [1.82, 2.24) is 9.88 Å². The Bertz CT molecular complexity index is 951. The van der Waals surface area contributed by atoms with E-state index in [9.17, 15) is 9.59 Å². The molecular weight excluding hydrogens is 342 g/mol. The Morgan fingerprint density at radius 2 is 2.15 bits per heavy atom. The Labute approximate surface area is 158 Å². The van der Waals surface area contributed by atoms with Crippen LogP contribution in [0.4, 0.5) is 0 Å². The third-order valence-corrected chi connectivity index (χ3v) is 7.29. The van der Waals surface area contributed by atoms with E-state index in [-0.39, 0.29) is 23.7 Å². The molecule has 1 amide bonds. The summed E-state index contributed by atoms with van der Waals surface area (Å²) < 4.78 is 5.11. The largest absolute Gasteiger partial charge is 0.467 e. The average molecular weight is 367 g/mol. The third kappa shape index (κ3) is 1.94. The van der Waals surface area contributed by atoms with E-state index in [0.717, 1.165) is 28.6 Å². The van der Waals surface area contributed by atoms with Crippen LogP contribution in [0.15, 0.2) is 24.3 Å². The van der Waals surface area contributed by atoms with Crippen LogP contribution in [-0.4, -0.2) is 41.5 Å². The zero-order valence-electron chi connectivity index (χ0n) is 15.7. The first-order valence-corrected chi connectivity index (χ1v) is 9.73. The van der Waals surface area contributed by atoms with Crippen molar-refractivity contribution in [3.05, 3.63) is 35.5 Å². The van der Waals surface area contributed by atoms with Crippen molar-refractivity contribution in [1.29, 1.82) is 0 Å². The normalized spacial score (nSPS) is 34.5. The number of benzene rings is 1. The summed E-state index contributed by atoms with van der Waals surface area (Å²) in [4.78, 5) is 31.3. The van der Waals surface area contributed by atoms with Gasteiger partial charge in [-0.25, -0.2) is 4.79 Å². The summed E-state index contributed by atoms with van der Waals surface area (Å²) in [6, 6.07) is 7.62. The Kier molecular flexibility index (Phi) is 3.47. The first-order valence-electron chi connectivity index (χ1n) is 9.73. The molecule has 1 unspecified atom stereocenters. The van der Waals surface area contributed by atoms with Crippen molar-refractivity contribution < 1.29 is 14.3 Å². The number of amides is 1. The van der Waals surface area contributed by atoms with Gasteiger partial charge in [0, 0.05) is 35.4 Å². The Morgan fingerprint density at radius 1 is 1.37 bits per heavy atom. The van der Waals surface area contributed by atoms with Gasteiger partial charge in [-0.2, -0.15) is 0 Å². The van der Waals surface area contributed by atoms with Crippen molar-refractivity contribution in [3.8, 4) is 0 Å². The van der Waals surface area contributed by atoms with Gasteiger partial charge in [-0.1, -0.05) is 25.1 Å². The van der Waals surface area contributed by atoms with Crippen molar-refractivity contribution >= 4 is 22.8 Å². The van der Waals surface area contributed by atoms with Crippen LogP contribution in [0.25, 0.3) is 10.9 Å². The molecule has 1 aromatic heterocycles. The fourth-order valence-corrected chi connectivity index (χ4v) is 6.30. The van der Waals surface area contributed by atoms with Gasteiger partial charge in [-0.05, 0) is 36.4 Å². The summed E-state index contributed by atoms with van der Waals surface area (Å²) in [5, 5.41) is 1.14. The van der Waals surface area contributed by atoms with Gasteiger partial charge in [0.05, 0.1) is 12.6 Å². The average Bonchev–Trinajstić information content (AvgIpc) is 3.26. The molecule has 6 heteroatoms. The number of para-hydroxylation sites is 1. The van der Waals surface area contributed by atoms with Gasteiger partial charge in [0.1, 0.15) is 6.04 Å². The number of ether oxygens (including phenoxy) is 1. The monoisotopic (exact) mass is 367 g/mol. The fourth-order valence-electron chi connectivity index (χ4n) is 6.30. The Balaban J connectivity index is 1.80. The second kappa shape index (κ2) is 5.58. The number of hydrogen-bond donors (Lipinski definition) is 2. The highest BCUT2D eigenvalue weighted by atomic mass is 16.5. The molecule has 3 N–H and O–H groups in total. The number of esters is 1. The Morgan fingerprint density at radius 3 is 2.89 bits per heavy atom. The van der Waals surface area contributed by atoms with Gasteiger partial charge in [-0.15, -0.1) is 0 Å². The van der Waals surface area contributed by atoms with Crippen LogP contribution in [0.5, 0.6) is 0 Å². The lowest BCUT2D eigenvalue weighted by Crippen LogP contribution is -2.58. The number of nitrogens with one attached hydrogen (secondary N) is 1. The molecule has 142 valence electrons. The minimum absolute atomic E-state index is 0.0463. The highest BCUT2D eigenvalue weighted by molar-refractivity contribution is 5.92. The van der Waals surface area contributed by atoms with Gasteiger partial charge in [0.15, 0.2) is 0 Å². The molecule has 2 fully saturated rings. The summed E-state index contributed by atoms with van der Waals surface area (Å²) >= 11 is 0. The number of carbonyl (C=O) groups is 2. The molecule has 6 nitrogen and oxygen atoms in total. The van der Waals surface area contributed by atoms with Crippen LogP contribution in [0.1, 0.15) is 31.0 Å². The molecule has 1 spiro atoms. The molecule has 1 saturated heterocycles. The van der Waals surface area contributed by atoms with Crippen molar-refractivity contribution in [2.45, 2.75) is 37.8 Å². The van der Waals surface area contributed by atoms with E-state index in [4.69, 9.17) is 10.5 Å². The van der Waals surface area contributed by atoms with E-state index in [2.05, 4.69) is 24.0 Å². The number of nitrogens with zero attached hydrogens (tertiary/aromatic N) is 1. The van der Waals surface area contributed by atoms with Crippen molar-refractivity contribution in [2.24, 2.45) is 23.5 Å². The number of H-pyrrole nitrogens is 1. The van der Waals surface area contributed by atoms with Crippen LogP contribution in [-0.2, 0) is 26.3 Å². The molecule has 0 radical (unpaired) electrons. The second-order valence-electron chi connectivity index (χ2n) is 8.35. The molecule has 27 heavy (non-hydrogen) atoms. The standard InChI is InChI=1S/C21H25N3O3/c1-11-9-21-15(14(11)10-22)8-18(25)24(21)17(20(26)27-2)7-13-12-5-3-4-6-16(12)23-19(13)21/h3-6,11,14-15,17,23H,7-10,22H2,1-2H3/t11-,14+,15-,17-,21?/m0/s1. The highest BCUT2D eigenvalue weighted by Crippen LogP contribution is 2.62. The zero-order valence-corrected chi connectivity index (χ0v) is 15.7. The SMILES string of the molecule is COC(=O)[C@@H]1Cc2c([nH]c3ccccc23)C23C[C@H](C)[C@@H](CN)[C@@H]2CC(=O)N13. The first-order chi connectivity index (χ1) is 13.0. The summed E-state index contributed by atoms with van der Waals surface area (Å²) in [6.45, 7) is 2.78. The van der Waals surface area contributed by atoms with E-state index < -0.39 is 11.6 Å². The number of rotatable bonds is 2. The van der Waals surface area contributed by atoms with Crippen LogP contribution in [0.2, 0.25) is 0 Å². The summed E-state index contributed by atoms with van der Waals surface area (Å²) in [7, 11) is 1.40. The lowest BCUT2D eigenvalue weighted by Gasteiger charge is -2.46. The van der Waals surface area contributed by atoms with Gasteiger partial charge < -0.3 is 20.4 Å². The molecule has 0 bridgehead atoms. The quantitative estimate of drug-likeness (QED) is 0.794. The second-order valence-corrected chi connectivity index (χ2v) is 8.35. The van der Waals surface area contributed by atoms with Gasteiger partial charge in [0.25, 0.3) is 0 Å². The number of fused-ring (bicyclic) bond motifs is 3. The smallest absolute Gasteiger partial charge is 0.328 e. The maximum absolute atomic E-state index is 13.1. The van der Waals surface area contributed by atoms with Crippen LogP contribution >= 0.6 is 0 Å². The summed E-state index contributed by atoms with van der Waals surface area (Å²) in [5.74, 6) is 0.512. The van der Waals surface area contributed by atoms with Crippen molar-refractivity contribution in [3.63, 3.8) is 0 Å². The van der Waals surface area contributed by atoms with Crippen LogP contribution in [0.3, 0.4) is 0 Å². The predicted octanol–water partition coefficient (Wildman–Crippen LogP) is 1.92. The fraction of sp³-hybridized carbons (Fsp3) is 0.524. The molecular formula is C21H25N3O3. The molecule has 3 heterocycles. The molecule has 3 aliphatic rings. The topological polar surface area (TPSA) is 88.4 Å². The lowest BCUT2D eigenvalue weighted by molar-refractivity contribution is -0.157. The van der Waals surface area contributed by atoms with E-state index in [1.54, 1.807) is 0 Å². The number of aromatic nitrogens is 1. The molecule has 5 rings (SSSR count). The third-order valence-electron chi connectivity index (χ3n) is 7.29. The van der Waals surface area contributed by atoms with E-state index >= 15 is 0 Å². The lowest BCUT2D eigenvalue weighted by atomic mass is 9.76. The molecule has 5 atom stereocenters. The van der Waals surface area contributed by atoms with Crippen LogP contribution in [0, 0.1) is 17.8 Å². The highest BCUT2D eigenvalue weighted by Gasteiger charge is 2.66. The number of aromatic amines is 1. The first kappa shape index (κ1) is 16.8. The molecule has 2 aliphatic heterocycles. The maximum atomic E-state index is 13.1. The van der Waals surface area contributed by atoms with Gasteiger partial charge in [0.2, 0.25) is 5.91 Å². The summed E-state index contributed by atoms with van der Waals surface area (Å²) in [6.07, 6.45) is 1.78. The molecule has 1 aromatic carbocycles. The maximum Gasteiger partial charge on any atom is 0.328 e. The summed E-state index contributed by atoms with van der Waals surface area (Å²) in [5.41, 5.74) is 8.98. The van der Waals surface area contributed by atoms with E-state index in [1.165, 1.54) is 7.11 Å². The predicted molar refractivity (Wildman–Crippen MR) is 101 cm³/mol. The minimum atomic E-state index is -0.567. The van der Waals surface area contributed by atoms with Gasteiger partial charge in [-0.3, -0.25) is 4.79 Å². The zero-order chi connectivity index (χ0) is 18.9. The molecule has 1 aliphatic carbocycles. The molecule has 1 saturated carbocycles. The van der Waals surface area contributed by atoms with Crippen LogP contribution < -0.4 is 5.73 Å². The van der Waals surface area contributed by atoms with E-state index in [1.807, 2.05) is 17.0 Å². The van der Waals surface area contributed by atoms with E-state index in [0.29, 0.717) is 25.3 Å². The number of hydrogen-bond acceptors (Lipinski definition) is 4. The minimum Gasteiger partial charge on any atom is -0.467 e. The van der Waals surface area contributed by atoms with Gasteiger partial charge >= 0.3 is 5.97 Å². The Hall–Kier alpha value is -2.34.